The highest BCUT2D eigenvalue weighted by molar-refractivity contribution is 5.76. The number of nitrogens with zero attached hydrogens (tertiary/aromatic N) is 2. The maximum Gasteiger partial charge on any atom is 0.127 e. The first-order valence-electron chi connectivity index (χ1n) is 6.08. The molecular weight excluding hydrogens is 198 g/mol. The molecule has 16 heavy (non-hydrogen) atoms. The fraction of sp³-hybridized carbons (Fsp3) is 0.462. The number of aromatic nitrogens is 2. The molecule has 2 heterocycles. The number of rotatable bonds is 2. The summed E-state index contributed by atoms with van der Waals surface area (Å²) >= 11 is 0. The zero-order chi connectivity index (χ0) is 11.0. The maximum atomic E-state index is 4.77. The third kappa shape index (κ3) is 1.43. The van der Waals surface area contributed by atoms with Gasteiger partial charge >= 0.3 is 0 Å². The van der Waals surface area contributed by atoms with Crippen LogP contribution in [0.15, 0.2) is 24.3 Å². The molecule has 0 bridgehead atoms. The van der Waals surface area contributed by atoms with Crippen LogP contribution in [0.25, 0.3) is 11.0 Å². The van der Waals surface area contributed by atoms with E-state index in [4.69, 9.17) is 4.98 Å². The van der Waals surface area contributed by atoms with Crippen LogP contribution in [0.5, 0.6) is 0 Å². The van der Waals surface area contributed by atoms with E-state index in [2.05, 4.69) is 41.1 Å². The second-order valence-electron chi connectivity index (χ2n) is 4.35. The van der Waals surface area contributed by atoms with E-state index in [1.54, 1.807) is 0 Å². The van der Waals surface area contributed by atoms with Crippen molar-refractivity contribution < 1.29 is 0 Å². The van der Waals surface area contributed by atoms with Crippen molar-refractivity contribution in [2.45, 2.75) is 32.4 Å². The molecule has 1 fully saturated rings. The maximum absolute atomic E-state index is 4.77. The lowest BCUT2D eigenvalue weighted by atomic mass is 10.2. The predicted octanol–water partition coefficient (Wildman–Crippen LogP) is 2.48. The summed E-state index contributed by atoms with van der Waals surface area (Å²) < 4.78 is 2.33. The van der Waals surface area contributed by atoms with Gasteiger partial charge in [-0.15, -0.1) is 0 Å². The van der Waals surface area contributed by atoms with E-state index in [1.807, 2.05) is 0 Å². The summed E-state index contributed by atoms with van der Waals surface area (Å²) in [7, 11) is 0. The van der Waals surface area contributed by atoms with Crippen molar-refractivity contribution in [3.8, 4) is 0 Å². The van der Waals surface area contributed by atoms with Crippen molar-refractivity contribution in [3.05, 3.63) is 30.1 Å². The van der Waals surface area contributed by atoms with Crippen molar-refractivity contribution in [2.75, 3.05) is 6.54 Å². The number of nitrogens with one attached hydrogen (secondary N) is 1. The quantitative estimate of drug-likeness (QED) is 0.834. The van der Waals surface area contributed by atoms with Crippen LogP contribution in [0, 0.1) is 0 Å². The third-order valence-corrected chi connectivity index (χ3v) is 3.37. The largest absolute Gasteiger partial charge is 0.327 e. The van der Waals surface area contributed by atoms with E-state index in [9.17, 15) is 0 Å². The molecule has 1 aromatic heterocycles. The van der Waals surface area contributed by atoms with Crippen molar-refractivity contribution in [1.82, 2.24) is 14.9 Å². The van der Waals surface area contributed by atoms with Crippen LogP contribution in [-0.4, -0.2) is 16.1 Å². The van der Waals surface area contributed by atoms with Crippen molar-refractivity contribution >= 4 is 11.0 Å². The number of aryl methyl sites for hydroxylation is 1. The first kappa shape index (κ1) is 9.85. The summed E-state index contributed by atoms with van der Waals surface area (Å²) in [6.07, 6.45) is 2.47. The molecular formula is C13H17N3. The molecule has 1 aliphatic rings. The number of hydrogen-bond donors (Lipinski definition) is 1. The lowest BCUT2D eigenvalue weighted by Crippen LogP contribution is -2.17. The zero-order valence-corrected chi connectivity index (χ0v) is 9.61. The summed E-state index contributed by atoms with van der Waals surface area (Å²) in [5.74, 6) is 1.21. The van der Waals surface area contributed by atoms with Crippen LogP contribution in [0.4, 0.5) is 0 Å². The molecule has 0 unspecified atom stereocenters. The average Bonchev–Trinajstić information content (AvgIpc) is 2.95. The Kier molecular flexibility index (Phi) is 2.40. The van der Waals surface area contributed by atoms with Crippen LogP contribution in [0.3, 0.4) is 0 Å². The third-order valence-electron chi connectivity index (χ3n) is 3.37. The molecule has 1 aliphatic heterocycles. The number of fused-ring (bicyclic) bond motifs is 1. The summed E-state index contributed by atoms with van der Waals surface area (Å²) in [6, 6.07) is 8.85. The number of imidazole rings is 1. The molecule has 1 aromatic carbocycles. The summed E-state index contributed by atoms with van der Waals surface area (Å²) in [5, 5.41) is 3.53. The fourth-order valence-electron chi connectivity index (χ4n) is 2.60. The van der Waals surface area contributed by atoms with Gasteiger partial charge in [0.25, 0.3) is 0 Å². The van der Waals surface area contributed by atoms with Gasteiger partial charge in [0.1, 0.15) is 5.82 Å². The van der Waals surface area contributed by atoms with E-state index < -0.39 is 0 Å². The Morgan fingerprint density at radius 1 is 1.44 bits per heavy atom. The highest BCUT2D eigenvalue weighted by atomic mass is 15.1. The van der Waals surface area contributed by atoms with Gasteiger partial charge in [0.15, 0.2) is 0 Å². The topological polar surface area (TPSA) is 29.9 Å². The summed E-state index contributed by atoms with van der Waals surface area (Å²) in [6.45, 7) is 4.30. The SMILES string of the molecule is CCn1c([C@@H]2CCCN2)nc2ccccc21. The van der Waals surface area contributed by atoms with E-state index in [0.717, 1.165) is 18.6 Å². The average molecular weight is 215 g/mol. The monoisotopic (exact) mass is 215 g/mol. The van der Waals surface area contributed by atoms with Crippen LogP contribution >= 0.6 is 0 Å². The molecule has 0 radical (unpaired) electrons. The second kappa shape index (κ2) is 3.91. The normalized spacial score (nSPS) is 20.7. The van der Waals surface area contributed by atoms with E-state index in [-0.39, 0.29) is 0 Å². The zero-order valence-electron chi connectivity index (χ0n) is 9.61. The van der Waals surface area contributed by atoms with Gasteiger partial charge in [0.2, 0.25) is 0 Å². The number of para-hydroxylation sites is 2. The molecule has 1 N–H and O–H groups in total. The van der Waals surface area contributed by atoms with Crippen molar-refractivity contribution in [3.63, 3.8) is 0 Å². The second-order valence-corrected chi connectivity index (χ2v) is 4.35. The highest BCUT2D eigenvalue weighted by Crippen LogP contribution is 2.26. The predicted molar refractivity (Wildman–Crippen MR) is 65.4 cm³/mol. The van der Waals surface area contributed by atoms with Gasteiger partial charge in [0, 0.05) is 6.54 Å². The Morgan fingerprint density at radius 3 is 3.06 bits per heavy atom. The Balaban J connectivity index is 2.15. The Hall–Kier alpha value is -1.35. The molecule has 3 nitrogen and oxygen atoms in total. The molecule has 3 rings (SSSR count). The lowest BCUT2D eigenvalue weighted by molar-refractivity contribution is 0.565. The molecule has 3 heteroatoms. The smallest absolute Gasteiger partial charge is 0.127 e. The highest BCUT2D eigenvalue weighted by Gasteiger charge is 2.22. The van der Waals surface area contributed by atoms with Crippen LogP contribution in [0.2, 0.25) is 0 Å². The van der Waals surface area contributed by atoms with Crippen LogP contribution in [0.1, 0.15) is 31.6 Å². The van der Waals surface area contributed by atoms with Gasteiger partial charge in [-0.05, 0) is 38.4 Å². The summed E-state index contributed by atoms with van der Waals surface area (Å²) in [4.78, 5) is 4.77. The Morgan fingerprint density at radius 2 is 2.31 bits per heavy atom. The minimum absolute atomic E-state index is 0.451. The lowest BCUT2D eigenvalue weighted by Gasteiger charge is -2.12. The number of hydrogen-bond acceptors (Lipinski definition) is 2. The molecule has 0 amide bonds. The van der Waals surface area contributed by atoms with E-state index in [0.29, 0.717) is 6.04 Å². The van der Waals surface area contributed by atoms with Crippen LogP contribution in [-0.2, 0) is 6.54 Å². The molecule has 0 aliphatic carbocycles. The molecule has 1 atom stereocenters. The van der Waals surface area contributed by atoms with Crippen LogP contribution < -0.4 is 5.32 Å². The van der Waals surface area contributed by atoms with Gasteiger partial charge in [-0.2, -0.15) is 0 Å². The van der Waals surface area contributed by atoms with E-state index in [1.165, 1.54) is 24.2 Å². The molecule has 2 aromatic rings. The number of benzene rings is 1. The van der Waals surface area contributed by atoms with Crippen molar-refractivity contribution in [2.24, 2.45) is 0 Å². The minimum Gasteiger partial charge on any atom is -0.327 e. The first-order chi connectivity index (χ1) is 7.90. The van der Waals surface area contributed by atoms with Gasteiger partial charge in [-0.3, -0.25) is 0 Å². The van der Waals surface area contributed by atoms with Gasteiger partial charge in [0.05, 0.1) is 17.1 Å². The first-order valence-corrected chi connectivity index (χ1v) is 6.08. The molecule has 84 valence electrons. The van der Waals surface area contributed by atoms with Gasteiger partial charge in [-0.1, -0.05) is 12.1 Å². The standard InChI is InChI=1S/C13H17N3/c1-2-16-12-8-4-3-6-10(12)15-13(16)11-7-5-9-14-11/h3-4,6,8,11,14H,2,5,7,9H2,1H3/t11-/m0/s1. The molecule has 0 spiro atoms. The fourth-order valence-corrected chi connectivity index (χ4v) is 2.60. The molecule has 0 saturated carbocycles. The molecule has 1 saturated heterocycles. The summed E-state index contributed by atoms with van der Waals surface area (Å²) in [5.41, 5.74) is 2.38. The van der Waals surface area contributed by atoms with Gasteiger partial charge < -0.3 is 9.88 Å². The Bertz CT molecular complexity index is 495. The Labute approximate surface area is 95.5 Å². The van der Waals surface area contributed by atoms with E-state index >= 15 is 0 Å². The van der Waals surface area contributed by atoms with Gasteiger partial charge in [-0.25, -0.2) is 4.98 Å². The van der Waals surface area contributed by atoms with Crippen molar-refractivity contribution in [1.29, 1.82) is 0 Å². The minimum atomic E-state index is 0.451.